The highest BCUT2D eigenvalue weighted by Gasteiger charge is 2.17. The highest BCUT2D eigenvalue weighted by molar-refractivity contribution is 5.86. The molecule has 0 unspecified atom stereocenters. The van der Waals surface area contributed by atoms with Gasteiger partial charge in [0.1, 0.15) is 5.52 Å². The molecule has 0 aliphatic rings. The lowest BCUT2D eigenvalue weighted by Gasteiger charge is -2.24. The van der Waals surface area contributed by atoms with Gasteiger partial charge in [-0.2, -0.15) is 0 Å². The Labute approximate surface area is 186 Å². The number of nitrogens with one attached hydrogen (secondary N) is 1. The number of aromatic amines is 1. The van der Waals surface area contributed by atoms with Crippen molar-refractivity contribution in [3.63, 3.8) is 0 Å². The lowest BCUT2D eigenvalue weighted by atomic mass is 10.1. The molecule has 0 aliphatic heterocycles. The maximum absolute atomic E-state index is 12.9. The highest BCUT2D eigenvalue weighted by Crippen LogP contribution is 2.25. The molecule has 0 radical (unpaired) electrons. The van der Waals surface area contributed by atoms with E-state index in [0.717, 1.165) is 22.4 Å². The van der Waals surface area contributed by atoms with Crippen LogP contribution in [0.3, 0.4) is 0 Å². The summed E-state index contributed by atoms with van der Waals surface area (Å²) in [5.74, 6) is 0.777. The molecule has 0 spiro atoms. The summed E-state index contributed by atoms with van der Waals surface area (Å²) in [5.41, 5.74) is 4.95. The van der Waals surface area contributed by atoms with Gasteiger partial charge in [-0.3, -0.25) is 4.57 Å². The predicted octanol–water partition coefficient (Wildman–Crippen LogP) is 4.98. The van der Waals surface area contributed by atoms with Gasteiger partial charge < -0.3 is 9.88 Å². The standard InChI is InChI=1S/C27H24N4O/c32-27-29-25-24(31(27)20-23-14-8-3-9-15-23)16-17-28-26(25)30(18-21-10-4-1-5-11-21)19-22-12-6-2-7-13-22/h1-17H,18-20H2,(H,29,32). The number of imidazole rings is 1. The molecule has 5 heteroatoms. The van der Waals surface area contributed by atoms with Crippen molar-refractivity contribution in [3.05, 3.63) is 130 Å². The van der Waals surface area contributed by atoms with Crippen LogP contribution < -0.4 is 10.6 Å². The molecule has 5 nitrogen and oxygen atoms in total. The van der Waals surface area contributed by atoms with Crippen LogP contribution in [-0.4, -0.2) is 14.5 Å². The molecule has 0 atom stereocenters. The molecule has 0 amide bonds. The van der Waals surface area contributed by atoms with Gasteiger partial charge >= 0.3 is 5.69 Å². The van der Waals surface area contributed by atoms with Crippen molar-refractivity contribution in [1.82, 2.24) is 14.5 Å². The quantitative estimate of drug-likeness (QED) is 0.404. The van der Waals surface area contributed by atoms with Crippen LogP contribution in [0.4, 0.5) is 5.82 Å². The number of benzene rings is 3. The van der Waals surface area contributed by atoms with Crippen LogP contribution in [0.2, 0.25) is 0 Å². The first-order valence-corrected chi connectivity index (χ1v) is 10.7. The summed E-state index contributed by atoms with van der Waals surface area (Å²) in [5, 5.41) is 0. The Balaban J connectivity index is 1.57. The van der Waals surface area contributed by atoms with Gasteiger partial charge in [-0.25, -0.2) is 9.78 Å². The second-order valence-corrected chi connectivity index (χ2v) is 7.86. The summed E-state index contributed by atoms with van der Waals surface area (Å²) in [7, 11) is 0. The molecule has 0 saturated heterocycles. The zero-order chi connectivity index (χ0) is 21.8. The van der Waals surface area contributed by atoms with Gasteiger partial charge in [0.25, 0.3) is 0 Å². The molecular formula is C27H24N4O. The average Bonchev–Trinajstić information content (AvgIpc) is 3.16. The largest absolute Gasteiger partial charge is 0.346 e. The van der Waals surface area contributed by atoms with E-state index in [0.29, 0.717) is 19.6 Å². The van der Waals surface area contributed by atoms with Crippen molar-refractivity contribution < 1.29 is 0 Å². The van der Waals surface area contributed by atoms with Crippen LogP contribution in [0.1, 0.15) is 16.7 Å². The summed E-state index contributed by atoms with van der Waals surface area (Å²) >= 11 is 0. The molecular weight excluding hydrogens is 396 g/mol. The maximum Gasteiger partial charge on any atom is 0.326 e. The number of hydrogen-bond donors (Lipinski definition) is 1. The number of H-pyrrole nitrogens is 1. The fourth-order valence-corrected chi connectivity index (χ4v) is 4.05. The lowest BCUT2D eigenvalue weighted by Crippen LogP contribution is -2.23. The van der Waals surface area contributed by atoms with Gasteiger partial charge in [-0.1, -0.05) is 91.0 Å². The van der Waals surface area contributed by atoms with E-state index < -0.39 is 0 Å². The van der Waals surface area contributed by atoms with Crippen LogP contribution in [0, 0.1) is 0 Å². The summed E-state index contributed by atoms with van der Waals surface area (Å²) in [6.07, 6.45) is 1.79. The van der Waals surface area contributed by atoms with Crippen LogP contribution in [0.25, 0.3) is 11.0 Å². The highest BCUT2D eigenvalue weighted by atomic mass is 16.1. The molecule has 0 aliphatic carbocycles. The molecule has 158 valence electrons. The Morgan fingerprint density at radius 2 is 1.25 bits per heavy atom. The summed E-state index contributed by atoms with van der Waals surface area (Å²) in [4.78, 5) is 22.9. The molecule has 2 heterocycles. The number of pyridine rings is 1. The smallest absolute Gasteiger partial charge is 0.326 e. The number of hydrogen-bond acceptors (Lipinski definition) is 3. The lowest BCUT2D eigenvalue weighted by molar-refractivity contribution is 0.785. The predicted molar refractivity (Wildman–Crippen MR) is 129 cm³/mol. The van der Waals surface area contributed by atoms with E-state index in [1.165, 1.54) is 11.1 Å². The minimum absolute atomic E-state index is 0.127. The first-order valence-electron chi connectivity index (χ1n) is 10.7. The third-order valence-corrected chi connectivity index (χ3v) is 5.59. The average molecular weight is 421 g/mol. The number of fused-ring (bicyclic) bond motifs is 1. The van der Waals surface area contributed by atoms with Gasteiger partial charge in [0, 0.05) is 19.3 Å². The molecule has 3 aromatic carbocycles. The van der Waals surface area contributed by atoms with Crippen molar-refractivity contribution in [2.24, 2.45) is 0 Å². The fourth-order valence-electron chi connectivity index (χ4n) is 4.05. The van der Waals surface area contributed by atoms with Crippen molar-refractivity contribution in [1.29, 1.82) is 0 Å². The van der Waals surface area contributed by atoms with Crippen LogP contribution >= 0.6 is 0 Å². The van der Waals surface area contributed by atoms with Crippen molar-refractivity contribution in [2.45, 2.75) is 19.6 Å². The number of rotatable bonds is 7. The Kier molecular flexibility index (Phi) is 5.54. The molecule has 0 saturated carbocycles. The van der Waals surface area contributed by atoms with E-state index in [-0.39, 0.29) is 5.69 Å². The van der Waals surface area contributed by atoms with Gasteiger partial charge in [0.05, 0.1) is 12.1 Å². The zero-order valence-corrected chi connectivity index (χ0v) is 17.7. The van der Waals surface area contributed by atoms with E-state index in [1.807, 2.05) is 72.8 Å². The van der Waals surface area contributed by atoms with Crippen LogP contribution in [0.15, 0.2) is 108 Å². The SMILES string of the molecule is O=c1[nH]c2c(N(Cc3ccccc3)Cc3ccccc3)nccc2n1Cc1ccccc1. The number of anilines is 1. The maximum atomic E-state index is 12.9. The molecule has 1 N–H and O–H groups in total. The zero-order valence-electron chi connectivity index (χ0n) is 17.7. The second-order valence-electron chi connectivity index (χ2n) is 7.86. The van der Waals surface area contributed by atoms with Crippen LogP contribution in [-0.2, 0) is 19.6 Å². The monoisotopic (exact) mass is 420 g/mol. The fraction of sp³-hybridized carbons (Fsp3) is 0.111. The molecule has 0 bridgehead atoms. The Morgan fingerprint density at radius 3 is 1.81 bits per heavy atom. The van der Waals surface area contributed by atoms with Crippen LogP contribution in [0.5, 0.6) is 0 Å². The summed E-state index contributed by atoms with van der Waals surface area (Å²) < 4.78 is 1.78. The third kappa shape index (κ3) is 4.18. The molecule has 32 heavy (non-hydrogen) atoms. The first-order chi connectivity index (χ1) is 15.8. The van der Waals surface area contributed by atoms with Gasteiger partial charge in [0.2, 0.25) is 0 Å². The van der Waals surface area contributed by atoms with E-state index in [9.17, 15) is 4.79 Å². The summed E-state index contributed by atoms with van der Waals surface area (Å²) in [6, 6.07) is 32.6. The molecule has 2 aromatic heterocycles. The van der Waals surface area contributed by atoms with Gasteiger partial charge in [-0.05, 0) is 22.8 Å². The number of nitrogens with zero attached hydrogens (tertiary/aromatic N) is 3. The van der Waals surface area contributed by atoms with Crippen molar-refractivity contribution >= 4 is 16.9 Å². The minimum atomic E-state index is -0.127. The Morgan fingerprint density at radius 1 is 0.719 bits per heavy atom. The molecule has 5 aromatic rings. The Bertz CT molecular complexity index is 1320. The summed E-state index contributed by atoms with van der Waals surface area (Å²) in [6.45, 7) is 1.89. The molecule has 0 fully saturated rings. The van der Waals surface area contributed by atoms with E-state index >= 15 is 0 Å². The Hall–Kier alpha value is -4.12. The van der Waals surface area contributed by atoms with E-state index in [4.69, 9.17) is 4.98 Å². The van der Waals surface area contributed by atoms with Crippen molar-refractivity contribution in [2.75, 3.05) is 4.90 Å². The normalized spacial score (nSPS) is 11.0. The second kappa shape index (κ2) is 8.94. The topological polar surface area (TPSA) is 53.9 Å². The van der Waals surface area contributed by atoms with Crippen molar-refractivity contribution in [3.8, 4) is 0 Å². The minimum Gasteiger partial charge on any atom is -0.346 e. The van der Waals surface area contributed by atoms with Gasteiger partial charge in [-0.15, -0.1) is 0 Å². The van der Waals surface area contributed by atoms with E-state index in [2.05, 4.69) is 34.1 Å². The first kappa shape index (κ1) is 19.8. The van der Waals surface area contributed by atoms with E-state index in [1.54, 1.807) is 10.8 Å². The third-order valence-electron chi connectivity index (χ3n) is 5.59. The van der Waals surface area contributed by atoms with Gasteiger partial charge in [0.15, 0.2) is 5.82 Å². The molecule has 5 rings (SSSR count). The number of aromatic nitrogens is 3.